The predicted octanol–water partition coefficient (Wildman–Crippen LogP) is 5.55. The molecule has 2 heterocycles. The normalized spacial score (nSPS) is 11.4. The Morgan fingerprint density at radius 2 is 1.20 bits per heavy atom. The molecule has 0 aliphatic rings. The maximum absolute atomic E-state index is 10.4. The molecule has 150 valence electrons. The summed E-state index contributed by atoms with van der Waals surface area (Å²) in [5, 5.41) is 12.7. The van der Waals surface area contributed by atoms with Gasteiger partial charge >= 0.3 is 0 Å². The van der Waals surface area contributed by atoms with Crippen LogP contribution in [0.4, 0.5) is 0 Å². The summed E-state index contributed by atoms with van der Waals surface area (Å²) in [6, 6.07) is 20.3. The molecule has 0 aliphatic heterocycles. The predicted molar refractivity (Wildman–Crippen MR) is 119 cm³/mol. The highest BCUT2D eigenvalue weighted by Crippen LogP contribution is 2.45. The second-order valence-electron chi connectivity index (χ2n) is 7.29. The standard InChI is InChI=1S/C25H22N2O3/c1-29-22-11-15(12-23(30-2)25(22)28)24(18-13-26-20-9-5-3-7-16(18)20)19-14-27-21-10-6-4-8-17(19)21/h3-14,24,26-28H,1-2H3. The van der Waals surface area contributed by atoms with Crippen LogP contribution in [0.15, 0.2) is 73.1 Å². The summed E-state index contributed by atoms with van der Waals surface area (Å²) >= 11 is 0. The third-order valence-electron chi connectivity index (χ3n) is 5.70. The maximum atomic E-state index is 10.4. The van der Waals surface area contributed by atoms with Crippen LogP contribution in [0.1, 0.15) is 22.6 Å². The summed E-state index contributed by atoms with van der Waals surface area (Å²) in [5.41, 5.74) is 5.41. The van der Waals surface area contributed by atoms with Crippen LogP contribution in [0.25, 0.3) is 21.8 Å². The highest BCUT2D eigenvalue weighted by atomic mass is 16.5. The monoisotopic (exact) mass is 398 g/mol. The molecule has 0 unspecified atom stereocenters. The smallest absolute Gasteiger partial charge is 0.200 e. The van der Waals surface area contributed by atoms with Gasteiger partial charge in [0.2, 0.25) is 5.75 Å². The third-order valence-corrected chi connectivity index (χ3v) is 5.70. The molecule has 30 heavy (non-hydrogen) atoms. The molecule has 0 spiro atoms. The van der Waals surface area contributed by atoms with Crippen LogP contribution in [0, 0.1) is 0 Å². The molecule has 0 saturated carbocycles. The van der Waals surface area contributed by atoms with Crippen LogP contribution >= 0.6 is 0 Å². The largest absolute Gasteiger partial charge is 0.502 e. The van der Waals surface area contributed by atoms with E-state index in [2.05, 4.69) is 46.6 Å². The van der Waals surface area contributed by atoms with E-state index in [1.54, 1.807) is 14.2 Å². The molecule has 3 aromatic carbocycles. The van der Waals surface area contributed by atoms with E-state index in [0.29, 0.717) is 11.5 Å². The molecule has 5 aromatic rings. The van der Waals surface area contributed by atoms with Gasteiger partial charge in [-0.15, -0.1) is 0 Å². The Kier molecular flexibility index (Phi) is 4.36. The number of hydrogen-bond donors (Lipinski definition) is 3. The Hall–Kier alpha value is -3.86. The second kappa shape index (κ2) is 7.19. The molecule has 0 aliphatic carbocycles. The number of fused-ring (bicyclic) bond motifs is 2. The molecule has 0 atom stereocenters. The van der Waals surface area contributed by atoms with Crippen molar-refractivity contribution in [1.82, 2.24) is 9.97 Å². The van der Waals surface area contributed by atoms with Gasteiger partial charge < -0.3 is 24.5 Å². The van der Waals surface area contributed by atoms with E-state index in [1.807, 2.05) is 36.4 Å². The Bertz CT molecular complexity index is 1250. The van der Waals surface area contributed by atoms with E-state index in [-0.39, 0.29) is 11.7 Å². The van der Waals surface area contributed by atoms with Gasteiger partial charge in [-0.2, -0.15) is 0 Å². The Morgan fingerprint density at radius 1 is 0.733 bits per heavy atom. The van der Waals surface area contributed by atoms with E-state index >= 15 is 0 Å². The molecule has 5 nitrogen and oxygen atoms in total. The molecule has 0 fully saturated rings. The fourth-order valence-electron chi connectivity index (χ4n) is 4.27. The van der Waals surface area contributed by atoms with Gasteiger partial charge in [0, 0.05) is 40.1 Å². The summed E-state index contributed by atoms with van der Waals surface area (Å²) in [5.74, 6) is 0.670. The molecule has 5 rings (SSSR count). The van der Waals surface area contributed by atoms with Crippen molar-refractivity contribution >= 4 is 21.8 Å². The zero-order valence-corrected chi connectivity index (χ0v) is 16.8. The van der Waals surface area contributed by atoms with Gasteiger partial charge in [-0.3, -0.25) is 0 Å². The lowest BCUT2D eigenvalue weighted by Crippen LogP contribution is -2.04. The summed E-state index contributed by atoms with van der Waals surface area (Å²) in [6.45, 7) is 0. The first kappa shape index (κ1) is 18.2. The molecule has 2 aromatic heterocycles. The van der Waals surface area contributed by atoms with Gasteiger partial charge in [-0.05, 0) is 41.0 Å². The molecule has 3 N–H and O–H groups in total. The third kappa shape index (κ3) is 2.78. The van der Waals surface area contributed by atoms with Crippen molar-refractivity contribution < 1.29 is 14.6 Å². The van der Waals surface area contributed by atoms with Crippen LogP contribution < -0.4 is 9.47 Å². The number of ether oxygens (including phenoxy) is 2. The van der Waals surface area contributed by atoms with E-state index < -0.39 is 0 Å². The minimum Gasteiger partial charge on any atom is -0.502 e. The minimum absolute atomic E-state index is 0.000327. The fourth-order valence-corrected chi connectivity index (χ4v) is 4.27. The van der Waals surface area contributed by atoms with Crippen molar-refractivity contribution in [2.75, 3.05) is 14.2 Å². The van der Waals surface area contributed by atoms with E-state index in [1.165, 1.54) is 0 Å². The van der Waals surface area contributed by atoms with Crippen molar-refractivity contribution in [2.45, 2.75) is 5.92 Å². The van der Waals surface area contributed by atoms with Crippen LogP contribution in [-0.2, 0) is 0 Å². The number of para-hydroxylation sites is 2. The Morgan fingerprint density at radius 3 is 1.67 bits per heavy atom. The SMILES string of the molecule is COc1cc(C(c2c[nH]c3ccccc23)c2c[nH]c3ccccc23)cc(OC)c1O. The molecular formula is C25H22N2O3. The first-order valence-corrected chi connectivity index (χ1v) is 9.78. The zero-order valence-electron chi connectivity index (χ0n) is 16.8. The van der Waals surface area contributed by atoms with Gasteiger partial charge in [0.05, 0.1) is 14.2 Å². The number of aromatic hydroxyl groups is 1. The number of aromatic amines is 2. The summed E-state index contributed by atoms with van der Waals surface area (Å²) in [6.07, 6.45) is 4.12. The quantitative estimate of drug-likeness (QED) is 0.363. The van der Waals surface area contributed by atoms with E-state index in [0.717, 1.165) is 38.5 Å². The molecule has 0 bridgehead atoms. The van der Waals surface area contributed by atoms with Crippen molar-refractivity contribution in [2.24, 2.45) is 0 Å². The molecular weight excluding hydrogens is 376 g/mol. The summed E-state index contributed by atoms with van der Waals surface area (Å²) in [4.78, 5) is 6.79. The van der Waals surface area contributed by atoms with Crippen molar-refractivity contribution in [3.63, 3.8) is 0 Å². The van der Waals surface area contributed by atoms with Gasteiger partial charge in [0.15, 0.2) is 11.5 Å². The topological polar surface area (TPSA) is 70.3 Å². The van der Waals surface area contributed by atoms with Crippen LogP contribution in [0.3, 0.4) is 0 Å². The highest BCUT2D eigenvalue weighted by molar-refractivity contribution is 5.89. The van der Waals surface area contributed by atoms with Crippen LogP contribution in [-0.4, -0.2) is 29.3 Å². The Labute approximate surface area is 173 Å². The lowest BCUT2D eigenvalue weighted by atomic mass is 9.84. The zero-order chi connectivity index (χ0) is 20.7. The van der Waals surface area contributed by atoms with Gasteiger partial charge in [0.25, 0.3) is 0 Å². The number of phenolic OH excluding ortho intramolecular Hbond substituents is 1. The summed E-state index contributed by atoms with van der Waals surface area (Å²) in [7, 11) is 3.09. The number of rotatable bonds is 5. The number of phenols is 1. The van der Waals surface area contributed by atoms with Crippen molar-refractivity contribution in [3.05, 3.63) is 89.7 Å². The first-order valence-electron chi connectivity index (χ1n) is 9.78. The minimum atomic E-state index is -0.0966. The number of hydrogen-bond acceptors (Lipinski definition) is 3. The van der Waals surface area contributed by atoms with Crippen molar-refractivity contribution in [3.8, 4) is 17.2 Å². The van der Waals surface area contributed by atoms with E-state index in [4.69, 9.17) is 9.47 Å². The first-order chi connectivity index (χ1) is 14.7. The van der Waals surface area contributed by atoms with Gasteiger partial charge in [0.1, 0.15) is 0 Å². The summed E-state index contributed by atoms with van der Waals surface area (Å²) < 4.78 is 10.9. The molecule has 0 amide bonds. The van der Waals surface area contributed by atoms with Crippen LogP contribution in [0.2, 0.25) is 0 Å². The number of H-pyrrole nitrogens is 2. The second-order valence-corrected chi connectivity index (χ2v) is 7.29. The average molecular weight is 398 g/mol. The average Bonchev–Trinajstić information content (AvgIpc) is 3.40. The molecule has 0 radical (unpaired) electrons. The highest BCUT2D eigenvalue weighted by Gasteiger charge is 2.25. The van der Waals surface area contributed by atoms with Gasteiger partial charge in [-0.1, -0.05) is 36.4 Å². The lowest BCUT2D eigenvalue weighted by molar-refractivity contribution is 0.339. The number of nitrogens with one attached hydrogen (secondary N) is 2. The Balaban J connectivity index is 1.82. The number of benzene rings is 3. The maximum Gasteiger partial charge on any atom is 0.200 e. The number of aromatic nitrogens is 2. The van der Waals surface area contributed by atoms with Crippen molar-refractivity contribution in [1.29, 1.82) is 0 Å². The lowest BCUT2D eigenvalue weighted by Gasteiger charge is -2.20. The van der Waals surface area contributed by atoms with Crippen LogP contribution in [0.5, 0.6) is 17.2 Å². The molecule has 0 saturated heterocycles. The van der Waals surface area contributed by atoms with E-state index in [9.17, 15) is 5.11 Å². The fraction of sp³-hybridized carbons (Fsp3) is 0.120. The number of methoxy groups -OCH3 is 2. The van der Waals surface area contributed by atoms with Gasteiger partial charge in [-0.25, -0.2) is 0 Å². The molecule has 5 heteroatoms.